The lowest BCUT2D eigenvalue weighted by Crippen LogP contribution is -2.55. The van der Waals surface area contributed by atoms with Gasteiger partial charge < -0.3 is 14.7 Å². The molecule has 1 aliphatic carbocycles. The fraction of sp³-hybridized carbons (Fsp3) is 0.353. The van der Waals surface area contributed by atoms with E-state index in [1.165, 1.54) is 12.1 Å². The van der Waals surface area contributed by atoms with Gasteiger partial charge in [-0.15, -0.1) is 11.8 Å². The van der Waals surface area contributed by atoms with Crippen LogP contribution in [0.15, 0.2) is 83.8 Å². The number of rotatable bonds is 6. The Labute approximate surface area is 256 Å². The Bertz CT molecular complexity index is 1520. The number of carbonyl (C=O) groups excluding carboxylic acids is 2. The van der Waals surface area contributed by atoms with E-state index in [4.69, 9.17) is 0 Å². The van der Waals surface area contributed by atoms with Crippen LogP contribution in [-0.4, -0.2) is 64.0 Å². The van der Waals surface area contributed by atoms with Gasteiger partial charge in [0.25, 0.3) is 11.6 Å². The van der Waals surface area contributed by atoms with Crippen LogP contribution >= 0.6 is 11.8 Å². The number of hydrogen-bond acceptors (Lipinski definition) is 6. The van der Waals surface area contributed by atoms with Crippen LogP contribution in [0.2, 0.25) is 0 Å². The highest BCUT2D eigenvalue weighted by Crippen LogP contribution is 2.45. The molecule has 3 fully saturated rings. The van der Waals surface area contributed by atoms with Gasteiger partial charge in [0.05, 0.1) is 9.83 Å². The van der Waals surface area contributed by atoms with Crippen LogP contribution in [-0.2, 0) is 16.1 Å². The van der Waals surface area contributed by atoms with Gasteiger partial charge >= 0.3 is 0 Å². The molecule has 3 atom stereocenters. The first-order valence-corrected chi connectivity index (χ1v) is 15.8. The predicted molar refractivity (Wildman–Crippen MR) is 171 cm³/mol. The number of carbonyl (C=O) groups is 2. The molecule has 2 aliphatic heterocycles. The molecule has 3 aromatic rings. The van der Waals surface area contributed by atoms with Gasteiger partial charge in [-0.1, -0.05) is 60.2 Å². The Morgan fingerprint density at radius 3 is 2.42 bits per heavy atom. The first-order valence-electron chi connectivity index (χ1n) is 14.9. The third kappa shape index (κ3) is 6.46. The van der Waals surface area contributed by atoms with E-state index in [9.17, 15) is 19.7 Å². The number of aryl methyl sites for hydroxylation is 1. The molecule has 0 aromatic heterocycles. The van der Waals surface area contributed by atoms with Crippen molar-refractivity contribution in [2.24, 2.45) is 5.92 Å². The molecule has 0 bridgehead atoms. The summed E-state index contributed by atoms with van der Waals surface area (Å²) in [5, 5.41) is 11.3. The normalized spacial score (nSPS) is 23.3. The largest absolute Gasteiger partial charge is 0.368 e. The quantitative estimate of drug-likeness (QED) is 0.200. The summed E-state index contributed by atoms with van der Waals surface area (Å²) in [5.41, 5.74) is 4.30. The van der Waals surface area contributed by atoms with E-state index < -0.39 is 4.92 Å². The third-order valence-corrected chi connectivity index (χ3v) is 10.2. The third-order valence-electron chi connectivity index (χ3n) is 8.80. The Morgan fingerprint density at radius 2 is 1.72 bits per heavy atom. The maximum Gasteiger partial charge on any atom is 0.269 e. The second kappa shape index (κ2) is 12.6. The van der Waals surface area contributed by atoms with Crippen molar-refractivity contribution in [2.75, 3.05) is 31.1 Å². The first kappa shape index (κ1) is 29.0. The molecule has 2 heterocycles. The summed E-state index contributed by atoms with van der Waals surface area (Å²) >= 11 is 1.68. The van der Waals surface area contributed by atoms with Crippen LogP contribution in [0.3, 0.4) is 0 Å². The lowest BCUT2D eigenvalue weighted by molar-refractivity contribution is -0.384. The van der Waals surface area contributed by atoms with Crippen molar-refractivity contribution in [2.45, 2.75) is 44.0 Å². The number of piperazine rings is 1. The van der Waals surface area contributed by atoms with Crippen LogP contribution in [0.4, 0.5) is 11.4 Å². The summed E-state index contributed by atoms with van der Waals surface area (Å²) in [4.78, 5) is 45.3. The molecule has 0 radical (unpaired) electrons. The molecule has 0 N–H and O–H groups in total. The topological polar surface area (TPSA) is 87.0 Å². The van der Waals surface area contributed by atoms with E-state index in [-0.39, 0.29) is 34.7 Å². The molecular weight excluding hydrogens is 560 g/mol. The highest BCUT2D eigenvalue weighted by molar-refractivity contribution is 8.04. The Hall–Kier alpha value is -4.11. The Morgan fingerprint density at radius 1 is 0.977 bits per heavy atom. The van der Waals surface area contributed by atoms with Crippen LogP contribution in [0.25, 0.3) is 6.08 Å². The highest BCUT2D eigenvalue weighted by Gasteiger charge is 2.45. The fourth-order valence-electron chi connectivity index (χ4n) is 6.54. The van der Waals surface area contributed by atoms with Gasteiger partial charge in [0.15, 0.2) is 0 Å². The summed E-state index contributed by atoms with van der Waals surface area (Å²) in [6, 6.07) is 24.9. The standard InChI is InChI=1S/C34H36N4O4S/c1-24-6-5-9-26(20-24)23-37-30-22-27(10-15-31(30)43-32(34(37)40)21-25-7-3-2-4-8-25)33(39)36-18-16-35(17-19-36)28-11-13-29(14-12-28)38(41)42/h2-9,11-14,20-21,27,30-31H,10,15-19,22-23H2,1H3/b32-21-. The van der Waals surface area contributed by atoms with Gasteiger partial charge in [0.2, 0.25) is 5.91 Å². The zero-order chi connectivity index (χ0) is 29.9. The molecule has 8 nitrogen and oxygen atoms in total. The molecular formula is C34H36N4O4S. The van der Waals surface area contributed by atoms with Crippen molar-refractivity contribution in [3.8, 4) is 0 Å². The van der Waals surface area contributed by atoms with E-state index >= 15 is 0 Å². The van der Waals surface area contributed by atoms with Crippen molar-refractivity contribution in [1.82, 2.24) is 9.80 Å². The van der Waals surface area contributed by atoms with Gasteiger partial charge in [0.1, 0.15) is 0 Å². The van der Waals surface area contributed by atoms with E-state index in [1.807, 2.05) is 52.3 Å². The molecule has 2 saturated heterocycles. The average Bonchev–Trinajstić information content (AvgIpc) is 3.03. The average molecular weight is 597 g/mol. The van der Waals surface area contributed by atoms with Crippen molar-refractivity contribution >= 4 is 41.0 Å². The highest BCUT2D eigenvalue weighted by atomic mass is 32.2. The number of nitro benzene ring substituents is 1. The molecule has 6 rings (SSSR count). The smallest absolute Gasteiger partial charge is 0.269 e. The fourth-order valence-corrected chi connectivity index (χ4v) is 7.95. The van der Waals surface area contributed by atoms with Crippen LogP contribution in [0.5, 0.6) is 0 Å². The second-order valence-electron chi connectivity index (χ2n) is 11.7. The Kier molecular flexibility index (Phi) is 8.51. The molecule has 9 heteroatoms. The molecule has 3 aromatic carbocycles. The second-order valence-corrected chi connectivity index (χ2v) is 12.9. The van der Waals surface area contributed by atoms with Crippen molar-refractivity contribution in [1.29, 1.82) is 0 Å². The molecule has 2 amide bonds. The molecule has 43 heavy (non-hydrogen) atoms. The molecule has 0 spiro atoms. The number of nitro groups is 1. The summed E-state index contributed by atoms with van der Waals surface area (Å²) in [6.07, 6.45) is 4.39. The van der Waals surface area contributed by atoms with Gasteiger partial charge in [-0.3, -0.25) is 19.7 Å². The number of fused-ring (bicyclic) bond motifs is 1. The van der Waals surface area contributed by atoms with E-state index in [1.54, 1.807) is 23.9 Å². The molecule has 1 saturated carbocycles. The number of hydrogen-bond donors (Lipinski definition) is 0. The lowest BCUT2D eigenvalue weighted by Gasteiger charge is -2.47. The van der Waals surface area contributed by atoms with Crippen LogP contribution in [0.1, 0.15) is 36.0 Å². The van der Waals surface area contributed by atoms with E-state index in [2.05, 4.69) is 30.0 Å². The summed E-state index contributed by atoms with van der Waals surface area (Å²) in [6.45, 7) is 5.20. The zero-order valence-corrected chi connectivity index (χ0v) is 25.1. The summed E-state index contributed by atoms with van der Waals surface area (Å²) in [5.74, 6) is 0.113. The minimum Gasteiger partial charge on any atom is -0.368 e. The first-order chi connectivity index (χ1) is 20.9. The summed E-state index contributed by atoms with van der Waals surface area (Å²) in [7, 11) is 0. The zero-order valence-electron chi connectivity index (χ0n) is 24.3. The monoisotopic (exact) mass is 596 g/mol. The number of anilines is 1. The van der Waals surface area contributed by atoms with Gasteiger partial charge in [0, 0.05) is 67.8 Å². The maximum absolute atomic E-state index is 14.0. The number of non-ortho nitro benzene ring substituents is 1. The number of thioether (sulfide) groups is 1. The minimum absolute atomic E-state index is 0.00460. The van der Waals surface area contributed by atoms with Gasteiger partial charge in [-0.2, -0.15) is 0 Å². The lowest BCUT2D eigenvalue weighted by atomic mass is 9.83. The van der Waals surface area contributed by atoms with Crippen molar-refractivity contribution < 1.29 is 14.5 Å². The number of amides is 2. The van der Waals surface area contributed by atoms with E-state index in [0.29, 0.717) is 39.1 Å². The van der Waals surface area contributed by atoms with Crippen molar-refractivity contribution in [3.05, 3.63) is 111 Å². The van der Waals surface area contributed by atoms with Crippen molar-refractivity contribution in [3.63, 3.8) is 0 Å². The maximum atomic E-state index is 14.0. The van der Waals surface area contributed by atoms with E-state index in [0.717, 1.165) is 40.1 Å². The van der Waals surface area contributed by atoms with Gasteiger partial charge in [-0.25, -0.2) is 0 Å². The molecule has 222 valence electrons. The molecule has 3 unspecified atom stereocenters. The predicted octanol–water partition coefficient (Wildman–Crippen LogP) is 5.91. The Balaban J connectivity index is 1.15. The van der Waals surface area contributed by atoms with Gasteiger partial charge in [-0.05, 0) is 55.5 Å². The SMILES string of the molecule is Cc1cccc(CN2C(=O)/C(=C/c3ccccc3)SC3CCC(C(=O)N4CCN(c5ccc([N+](=O)[O-])cc5)CC4)CC32)c1. The molecule has 3 aliphatic rings. The van der Waals surface area contributed by atoms with Crippen LogP contribution < -0.4 is 4.90 Å². The van der Waals surface area contributed by atoms with Crippen LogP contribution in [0, 0.1) is 23.0 Å². The number of nitrogens with zero attached hydrogens (tertiary/aromatic N) is 4. The summed E-state index contributed by atoms with van der Waals surface area (Å²) < 4.78 is 0. The number of benzene rings is 3. The minimum atomic E-state index is -0.393.